The quantitative estimate of drug-likeness (QED) is 0.758. The monoisotopic (exact) mass is 373 g/mol. The van der Waals surface area contributed by atoms with E-state index in [9.17, 15) is 4.79 Å². The van der Waals surface area contributed by atoms with Gasteiger partial charge in [-0.05, 0) is 59.3 Å². The maximum Gasteiger partial charge on any atom is 0.334 e. The van der Waals surface area contributed by atoms with Gasteiger partial charge in [0.25, 0.3) is 0 Å². The van der Waals surface area contributed by atoms with E-state index in [1.54, 1.807) is 19.1 Å². The molecule has 1 atom stereocenters. The molecule has 0 radical (unpaired) electrons. The third-order valence-corrected chi connectivity index (χ3v) is 4.50. The lowest BCUT2D eigenvalue weighted by molar-refractivity contribution is -0.144. The van der Waals surface area contributed by atoms with Gasteiger partial charge in [-0.3, -0.25) is 0 Å². The minimum absolute atomic E-state index is 0.295. The summed E-state index contributed by atoms with van der Waals surface area (Å²) in [5.41, 5.74) is 0.817. The molecular weight excluding hydrogens is 362 g/mol. The normalized spacial score (nSPS) is 11.9. The second-order valence-corrected chi connectivity index (χ2v) is 6.91. The van der Waals surface area contributed by atoms with Crippen LogP contribution in [0.15, 0.2) is 40.2 Å². The van der Waals surface area contributed by atoms with E-state index >= 15 is 0 Å². The number of rotatable bonds is 5. The van der Waals surface area contributed by atoms with Crippen molar-refractivity contribution in [2.24, 2.45) is 0 Å². The van der Waals surface area contributed by atoms with Crippen molar-refractivity contribution in [3.63, 3.8) is 0 Å². The summed E-state index contributed by atoms with van der Waals surface area (Å²) in [6, 6.07) is 10.5. The highest BCUT2D eigenvalue weighted by Gasteiger charge is 2.23. The van der Waals surface area contributed by atoms with Crippen molar-refractivity contribution in [3.05, 3.63) is 50.1 Å². The van der Waals surface area contributed by atoms with Crippen LogP contribution in [0.1, 0.15) is 17.8 Å². The van der Waals surface area contributed by atoms with Crippen LogP contribution in [0.3, 0.4) is 0 Å². The number of hydrogen-bond donors (Lipinski definition) is 1. The molecule has 1 N–H and O–H groups in total. The molecule has 0 saturated carbocycles. The molecule has 0 aliphatic heterocycles. The number of esters is 1. The van der Waals surface area contributed by atoms with Crippen molar-refractivity contribution < 1.29 is 9.53 Å². The second-order valence-electron chi connectivity index (χ2n) is 3.98. The van der Waals surface area contributed by atoms with Gasteiger partial charge in [-0.2, -0.15) is 0 Å². The predicted octanol–water partition coefficient (Wildman–Crippen LogP) is 4.88. The highest BCUT2D eigenvalue weighted by atomic mass is 79.9. The highest BCUT2D eigenvalue weighted by Crippen LogP contribution is 2.30. The molecule has 3 nitrogen and oxygen atoms in total. The van der Waals surface area contributed by atoms with Crippen LogP contribution >= 0.6 is 38.9 Å². The summed E-state index contributed by atoms with van der Waals surface area (Å²) in [7, 11) is 0. The Labute approximate surface area is 135 Å². The van der Waals surface area contributed by atoms with Gasteiger partial charge in [0, 0.05) is 15.6 Å². The van der Waals surface area contributed by atoms with E-state index in [1.165, 1.54) is 11.3 Å². The zero-order valence-electron chi connectivity index (χ0n) is 10.7. The molecule has 0 amide bonds. The van der Waals surface area contributed by atoms with Crippen molar-refractivity contribution in [2.75, 3.05) is 11.9 Å². The smallest absolute Gasteiger partial charge is 0.334 e. The topological polar surface area (TPSA) is 38.3 Å². The molecule has 1 heterocycles. The maximum absolute atomic E-state index is 12.1. The van der Waals surface area contributed by atoms with Crippen LogP contribution in [-0.2, 0) is 9.53 Å². The Morgan fingerprint density at radius 2 is 2.05 bits per heavy atom. The van der Waals surface area contributed by atoms with Gasteiger partial charge in [0.05, 0.1) is 10.4 Å². The molecule has 1 aromatic carbocycles. The molecule has 106 valence electrons. The van der Waals surface area contributed by atoms with Crippen LogP contribution in [0, 0.1) is 0 Å². The molecule has 2 aromatic rings. The number of nitrogens with one attached hydrogen (secondary N) is 1. The molecular formula is C14H13BrClNO2S. The Bertz CT molecular complexity index is 585. The zero-order chi connectivity index (χ0) is 14.5. The summed E-state index contributed by atoms with van der Waals surface area (Å²) in [5.74, 6) is -0.295. The molecule has 0 bridgehead atoms. The van der Waals surface area contributed by atoms with E-state index < -0.39 is 6.04 Å². The zero-order valence-corrected chi connectivity index (χ0v) is 13.9. The van der Waals surface area contributed by atoms with Crippen LogP contribution in [0.2, 0.25) is 5.02 Å². The lowest BCUT2D eigenvalue weighted by Gasteiger charge is -2.17. The summed E-state index contributed by atoms with van der Waals surface area (Å²) >= 11 is 10.8. The molecule has 1 aromatic heterocycles. The van der Waals surface area contributed by atoms with E-state index in [2.05, 4.69) is 21.2 Å². The summed E-state index contributed by atoms with van der Waals surface area (Å²) in [4.78, 5) is 13.0. The lowest BCUT2D eigenvalue weighted by atomic mass is 10.2. The van der Waals surface area contributed by atoms with Gasteiger partial charge in [0.15, 0.2) is 6.04 Å². The van der Waals surface area contributed by atoms with E-state index in [4.69, 9.17) is 16.3 Å². The Hall–Kier alpha value is -1.04. The van der Waals surface area contributed by atoms with Gasteiger partial charge in [0.2, 0.25) is 0 Å². The number of anilines is 1. The first kappa shape index (κ1) is 15.4. The fourth-order valence-corrected chi connectivity index (χ4v) is 3.26. The molecule has 0 aliphatic carbocycles. The number of ether oxygens (including phenoxy) is 1. The van der Waals surface area contributed by atoms with Gasteiger partial charge in [-0.15, -0.1) is 11.3 Å². The van der Waals surface area contributed by atoms with E-state index in [-0.39, 0.29) is 5.97 Å². The third kappa shape index (κ3) is 3.98. The largest absolute Gasteiger partial charge is 0.464 e. The minimum Gasteiger partial charge on any atom is -0.464 e. The lowest BCUT2D eigenvalue weighted by Crippen LogP contribution is -2.22. The first-order chi connectivity index (χ1) is 9.60. The van der Waals surface area contributed by atoms with E-state index in [0.717, 1.165) is 14.4 Å². The maximum atomic E-state index is 12.1. The molecule has 6 heteroatoms. The number of carbonyl (C=O) groups excluding carboxylic acids is 1. The standard InChI is InChI=1S/C14H13BrClNO2S/c1-2-19-14(18)13(11-7-8-12(15)20-11)17-10-5-3-9(16)4-6-10/h3-8,13,17H,2H2,1H3. The van der Waals surface area contributed by atoms with Crippen LogP contribution in [0.5, 0.6) is 0 Å². The number of benzene rings is 1. The summed E-state index contributed by atoms with van der Waals surface area (Å²) in [6.07, 6.45) is 0. The van der Waals surface area contributed by atoms with E-state index in [0.29, 0.717) is 11.6 Å². The average molecular weight is 375 g/mol. The van der Waals surface area contributed by atoms with Crippen LogP contribution in [0.25, 0.3) is 0 Å². The fraction of sp³-hybridized carbons (Fsp3) is 0.214. The minimum atomic E-state index is -0.521. The van der Waals surface area contributed by atoms with Crippen molar-refractivity contribution in [1.29, 1.82) is 0 Å². The van der Waals surface area contributed by atoms with Gasteiger partial charge < -0.3 is 10.1 Å². The van der Waals surface area contributed by atoms with Crippen molar-refractivity contribution in [2.45, 2.75) is 13.0 Å². The van der Waals surface area contributed by atoms with Crippen LogP contribution in [-0.4, -0.2) is 12.6 Å². The first-order valence-corrected chi connectivity index (χ1v) is 8.03. The molecule has 20 heavy (non-hydrogen) atoms. The molecule has 0 aliphatic rings. The number of halogens is 2. The summed E-state index contributed by atoms with van der Waals surface area (Å²) in [5, 5.41) is 3.83. The van der Waals surface area contributed by atoms with Crippen LogP contribution in [0.4, 0.5) is 5.69 Å². The van der Waals surface area contributed by atoms with Crippen molar-refractivity contribution in [1.82, 2.24) is 0 Å². The molecule has 0 spiro atoms. The Morgan fingerprint density at radius 1 is 1.35 bits per heavy atom. The van der Waals surface area contributed by atoms with Crippen LogP contribution < -0.4 is 5.32 Å². The number of hydrogen-bond acceptors (Lipinski definition) is 4. The predicted molar refractivity (Wildman–Crippen MR) is 86.5 cm³/mol. The summed E-state index contributed by atoms with van der Waals surface area (Å²) in [6.45, 7) is 2.14. The third-order valence-electron chi connectivity index (χ3n) is 2.56. The summed E-state index contributed by atoms with van der Waals surface area (Å²) < 4.78 is 6.10. The van der Waals surface area contributed by atoms with Gasteiger partial charge in [-0.1, -0.05) is 11.6 Å². The first-order valence-electron chi connectivity index (χ1n) is 6.04. The molecule has 1 unspecified atom stereocenters. The van der Waals surface area contributed by atoms with Gasteiger partial charge in [-0.25, -0.2) is 4.79 Å². The highest BCUT2D eigenvalue weighted by molar-refractivity contribution is 9.11. The second kappa shape index (κ2) is 7.11. The Kier molecular flexibility index (Phi) is 5.46. The average Bonchev–Trinajstić information content (AvgIpc) is 2.84. The van der Waals surface area contributed by atoms with Gasteiger partial charge >= 0.3 is 5.97 Å². The van der Waals surface area contributed by atoms with Crippen molar-refractivity contribution >= 4 is 50.5 Å². The Balaban J connectivity index is 2.22. The number of carbonyl (C=O) groups is 1. The van der Waals surface area contributed by atoms with E-state index in [1.807, 2.05) is 24.3 Å². The van der Waals surface area contributed by atoms with Crippen molar-refractivity contribution in [3.8, 4) is 0 Å². The molecule has 2 rings (SSSR count). The number of thiophene rings is 1. The molecule has 0 saturated heterocycles. The fourth-order valence-electron chi connectivity index (χ4n) is 1.67. The van der Waals surface area contributed by atoms with Gasteiger partial charge in [0.1, 0.15) is 0 Å². The molecule has 0 fully saturated rings. The Morgan fingerprint density at radius 3 is 2.60 bits per heavy atom. The SMILES string of the molecule is CCOC(=O)C(Nc1ccc(Cl)cc1)c1ccc(Br)s1.